The molecule has 2 amide bonds. The smallest absolute Gasteiger partial charge is 0.274 e. The number of likely N-dealkylation sites (tertiary alicyclic amines) is 1. The molecule has 3 aromatic rings. The lowest BCUT2D eigenvalue weighted by molar-refractivity contribution is -0.137. The number of hydrogen-bond donors (Lipinski definition) is 2. The summed E-state index contributed by atoms with van der Waals surface area (Å²) in [4.78, 5) is 48.3. The van der Waals surface area contributed by atoms with E-state index in [0.29, 0.717) is 23.6 Å². The van der Waals surface area contributed by atoms with Gasteiger partial charge in [0.2, 0.25) is 5.91 Å². The number of fused-ring (bicyclic) bond motifs is 1. The number of amides is 2. The molecule has 0 saturated carbocycles. The minimum Gasteiger partial charge on any atom is -0.361 e. The highest BCUT2D eigenvalue weighted by atomic mass is 19.1. The molecule has 2 aromatic heterocycles. The highest BCUT2D eigenvalue weighted by molar-refractivity contribution is 5.98. The third kappa shape index (κ3) is 5.58. The summed E-state index contributed by atoms with van der Waals surface area (Å²) in [7, 11) is 0. The van der Waals surface area contributed by atoms with Gasteiger partial charge in [0.05, 0.1) is 18.0 Å². The third-order valence-electron chi connectivity index (χ3n) is 6.51. The summed E-state index contributed by atoms with van der Waals surface area (Å²) in [5.74, 6) is -0.979. The molecule has 0 unspecified atom stereocenters. The van der Waals surface area contributed by atoms with Gasteiger partial charge in [0.25, 0.3) is 5.91 Å². The Balaban J connectivity index is 1.51. The molecule has 0 aliphatic carbocycles. The molecule has 3 atom stereocenters. The highest BCUT2D eigenvalue weighted by Crippen LogP contribution is 2.24. The van der Waals surface area contributed by atoms with Gasteiger partial charge in [0, 0.05) is 31.0 Å². The van der Waals surface area contributed by atoms with Crippen molar-refractivity contribution in [2.45, 2.75) is 70.9 Å². The molecular weight excluding hydrogens is 453 g/mol. The minimum absolute atomic E-state index is 0.00701. The number of carbonyl (C=O) groups excluding carboxylic acids is 3. The second kappa shape index (κ2) is 10.4. The van der Waals surface area contributed by atoms with Crippen molar-refractivity contribution in [3.05, 3.63) is 47.4 Å². The van der Waals surface area contributed by atoms with E-state index in [1.165, 1.54) is 12.1 Å². The van der Waals surface area contributed by atoms with Crippen LogP contribution in [0.1, 0.15) is 73.9 Å². The topological polar surface area (TPSA) is 121 Å². The van der Waals surface area contributed by atoms with Gasteiger partial charge >= 0.3 is 0 Å². The van der Waals surface area contributed by atoms with Crippen molar-refractivity contribution < 1.29 is 23.3 Å². The normalized spacial score (nSPS) is 17.8. The van der Waals surface area contributed by atoms with E-state index in [9.17, 15) is 18.8 Å². The molecule has 186 valence electrons. The Hall–Kier alpha value is -3.56. The molecule has 1 aromatic carbocycles. The molecule has 3 heterocycles. The number of hydrogen-bond acceptors (Lipinski definition) is 6. The SMILES string of the molecule is Cc1cc(C(=O)N[C@@H](CC(=O)N2CCCC[C@@H]2C)C(=O)C[C@@H](C)c2nc3c(F)cccc3[nH]2)no1. The van der Waals surface area contributed by atoms with Crippen molar-refractivity contribution in [1.82, 2.24) is 25.3 Å². The Labute approximate surface area is 202 Å². The minimum atomic E-state index is -1.04. The molecule has 9 nitrogen and oxygen atoms in total. The molecule has 0 bridgehead atoms. The first-order valence-electron chi connectivity index (χ1n) is 11.9. The number of halogens is 1. The predicted molar refractivity (Wildman–Crippen MR) is 126 cm³/mol. The number of piperidine rings is 1. The zero-order valence-corrected chi connectivity index (χ0v) is 20.1. The van der Waals surface area contributed by atoms with Crippen LogP contribution in [0.3, 0.4) is 0 Å². The zero-order valence-electron chi connectivity index (χ0n) is 20.1. The van der Waals surface area contributed by atoms with E-state index in [-0.39, 0.29) is 47.7 Å². The monoisotopic (exact) mass is 483 g/mol. The van der Waals surface area contributed by atoms with Crippen molar-refractivity contribution in [2.75, 3.05) is 6.54 Å². The van der Waals surface area contributed by atoms with Crippen LogP contribution in [-0.4, -0.2) is 56.3 Å². The third-order valence-corrected chi connectivity index (χ3v) is 6.51. The van der Waals surface area contributed by atoms with Gasteiger partial charge in [-0.2, -0.15) is 0 Å². The lowest BCUT2D eigenvalue weighted by atomic mass is 9.96. The number of carbonyl (C=O) groups is 3. The van der Waals surface area contributed by atoms with Crippen LogP contribution in [0, 0.1) is 12.7 Å². The van der Waals surface area contributed by atoms with E-state index < -0.39 is 17.8 Å². The summed E-state index contributed by atoms with van der Waals surface area (Å²) in [6, 6.07) is 5.14. The fourth-order valence-electron chi connectivity index (χ4n) is 4.50. The number of imidazole rings is 1. The number of para-hydroxylation sites is 1. The molecule has 0 radical (unpaired) electrons. The Morgan fingerprint density at radius 1 is 1.29 bits per heavy atom. The molecule has 10 heteroatoms. The van der Waals surface area contributed by atoms with Crippen LogP contribution in [0.4, 0.5) is 4.39 Å². The van der Waals surface area contributed by atoms with E-state index in [2.05, 4.69) is 20.4 Å². The quantitative estimate of drug-likeness (QED) is 0.504. The number of nitrogens with zero attached hydrogens (tertiary/aromatic N) is 3. The number of aromatic nitrogens is 3. The van der Waals surface area contributed by atoms with Gasteiger partial charge in [-0.05, 0) is 45.2 Å². The number of ketones is 1. The zero-order chi connectivity index (χ0) is 25.1. The Morgan fingerprint density at radius 3 is 2.77 bits per heavy atom. The first-order valence-corrected chi connectivity index (χ1v) is 11.9. The Kier molecular flexibility index (Phi) is 7.28. The van der Waals surface area contributed by atoms with Crippen LogP contribution in [0.2, 0.25) is 0 Å². The molecule has 4 rings (SSSR count). The molecule has 1 aliphatic rings. The average molecular weight is 484 g/mol. The molecular formula is C25H30FN5O4. The number of rotatable bonds is 8. The van der Waals surface area contributed by atoms with Crippen LogP contribution in [0.5, 0.6) is 0 Å². The number of aryl methyl sites for hydroxylation is 1. The average Bonchev–Trinajstić information content (AvgIpc) is 3.46. The van der Waals surface area contributed by atoms with E-state index >= 15 is 0 Å². The highest BCUT2D eigenvalue weighted by Gasteiger charge is 2.31. The summed E-state index contributed by atoms with van der Waals surface area (Å²) in [5.41, 5.74) is 0.794. The summed E-state index contributed by atoms with van der Waals surface area (Å²) in [6.45, 7) is 6.08. The van der Waals surface area contributed by atoms with Crippen molar-refractivity contribution in [2.24, 2.45) is 0 Å². The van der Waals surface area contributed by atoms with Crippen molar-refractivity contribution in [3.8, 4) is 0 Å². The van der Waals surface area contributed by atoms with E-state index in [1.807, 2.05) is 6.92 Å². The van der Waals surface area contributed by atoms with Crippen molar-refractivity contribution >= 4 is 28.6 Å². The van der Waals surface area contributed by atoms with Gasteiger partial charge in [-0.3, -0.25) is 14.4 Å². The maximum atomic E-state index is 14.1. The van der Waals surface area contributed by atoms with Crippen LogP contribution < -0.4 is 5.32 Å². The summed E-state index contributed by atoms with van der Waals surface area (Å²) in [6.07, 6.45) is 2.75. The largest absolute Gasteiger partial charge is 0.361 e. The number of nitrogens with one attached hydrogen (secondary N) is 2. The van der Waals surface area contributed by atoms with Crippen LogP contribution >= 0.6 is 0 Å². The number of benzene rings is 1. The standard InChI is InChI=1S/C25H30FN5O4/c1-14(24-27-18-9-6-8-17(26)23(18)29-24)11-21(32)19(28-25(34)20-12-16(3)35-30-20)13-22(33)31-10-5-4-7-15(31)2/h6,8-9,12,14-15,19H,4-5,7,10-11,13H2,1-3H3,(H,27,29)(H,28,34)/t14-,15+,19+/m1/s1. The van der Waals surface area contributed by atoms with Crippen LogP contribution in [0.15, 0.2) is 28.8 Å². The van der Waals surface area contributed by atoms with Crippen molar-refractivity contribution in [1.29, 1.82) is 0 Å². The van der Waals surface area contributed by atoms with Crippen molar-refractivity contribution in [3.63, 3.8) is 0 Å². The second-order valence-electron chi connectivity index (χ2n) is 9.31. The Bertz CT molecular complexity index is 1240. The number of H-pyrrole nitrogens is 1. The van der Waals surface area contributed by atoms with Gasteiger partial charge < -0.3 is 19.7 Å². The predicted octanol–water partition coefficient (Wildman–Crippen LogP) is 3.65. The molecule has 1 aliphatic heterocycles. The maximum absolute atomic E-state index is 14.1. The molecule has 35 heavy (non-hydrogen) atoms. The van der Waals surface area contributed by atoms with E-state index in [1.54, 1.807) is 30.9 Å². The summed E-state index contributed by atoms with van der Waals surface area (Å²) in [5, 5.41) is 6.38. The first-order chi connectivity index (χ1) is 16.7. The summed E-state index contributed by atoms with van der Waals surface area (Å²) >= 11 is 0. The van der Waals surface area contributed by atoms with Crippen LogP contribution in [0.25, 0.3) is 11.0 Å². The van der Waals surface area contributed by atoms with Gasteiger partial charge in [-0.1, -0.05) is 18.1 Å². The number of Topliss-reactive ketones (excluding diaryl/α,β-unsaturated/α-hetero) is 1. The van der Waals surface area contributed by atoms with Gasteiger partial charge in [-0.25, -0.2) is 9.37 Å². The molecule has 2 N–H and O–H groups in total. The van der Waals surface area contributed by atoms with Gasteiger partial charge in [0.15, 0.2) is 17.3 Å². The van der Waals surface area contributed by atoms with Crippen LogP contribution in [-0.2, 0) is 9.59 Å². The second-order valence-corrected chi connectivity index (χ2v) is 9.31. The van der Waals surface area contributed by atoms with Gasteiger partial charge in [0.1, 0.15) is 17.1 Å². The lowest BCUT2D eigenvalue weighted by Gasteiger charge is -2.34. The molecule has 1 saturated heterocycles. The van der Waals surface area contributed by atoms with E-state index in [4.69, 9.17) is 4.52 Å². The number of aromatic amines is 1. The summed E-state index contributed by atoms with van der Waals surface area (Å²) < 4.78 is 19.0. The Morgan fingerprint density at radius 2 is 2.09 bits per heavy atom. The fourth-order valence-corrected chi connectivity index (χ4v) is 4.50. The molecule has 1 fully saturated rings. The molecule has 0 spiro atoms. The van der Waals surface area contributed by atoms with Gasteiger partial charge in [-0.15, -0.1) is 0 Å². The van der Waals surface area contributed by atoms with E-state index in [0.717, 1.165) is 19.3 Å². The maximum Gasteiger partial charge on any atom is 0.274 e. The first kappa shape index (κ1) is 24.6. The lowest BCUT2D eigenvalue weighted by Crippen LogP contribution is -2.48. The fraction of sp³-hybridized carbons (Fsp3) is 0.480.